The molecule has 342 valence electrons. The number of urea groups is 1. The predicted molar refractivity (Wildman–Crippen MR) is 239 cm³/mol. The summed E-state index contributed by atoms with van der Waals surface area (Å²) >= 11 is 0. The summed E-state index contributed by atoms with van der Waals surface area (Å²) in [4.78, 5) is 47.7. The second kappa shape index (κ2) is 22.9. The number of oxime groups is 1. The molecule has 0 spiro atoms. The molecule has 2 aromatic rings. The first-order valence-corrected chi connectivity index (χ1v) is 22.7. The molecule has 2 fully saturated rings. The second-order valence-corrected chi connectivity index (χ2v) is 16.8. The summed E-state index contributed by atoms with van der Waals surface area (Å²) in [6.45, 7) is 12.6. The number of hydrogen-bond donors (Lipinski definition) is 3. The zero-order chi connectivity index (χ0) is 44.8. The van der Waals surface area contributed by atoms with Gasteiger partial charge in [-0.3, -0.25) is 14.9 Å². The predicted octanol–water partition coefficient (Wildman–Crippen LogP) is 7.43. The molecule has 15 nitrogen and oxygen atoms in total. The van der Waals surface area contributed by atoms with Gasteiger partial charge in [0.15, 0.2) is 0 Å². The Balaban J connectivity index is 1.49. The number of hydrogen-bond acceptors (Lipinski definition) is 11. The molecule has 4 aliphatic rings. The first-order chi connectivity index (χ1) is 30.7. The molecule has 1 saturated heterocycles. The number of likely N-dealkylation sites (tertiary alicyclic amines) is 1. The molecule has 2 aromatic carbocycles. The van der Waals surface area contributed by atoms with Crippen LogP contribution in [0.5, 0.6) is 11.5 Å². The van der Waals surface area contributed by atoms with Crippen molar-refractivity contribution in [2.75, 3.05) is 52.6 Å². The van der Waals surface area contributed by atoms with E-state index in [1.54, 1.807) is 24.3 Å². The number of ether oxygens (including phenoxy) is 3. The summed E-state index contributed by atoms with van der Waals surface area (Å²) in [6, 6.07) is 11.0. The van der Waals surface area contributed by atoms with Crippen molar-refractivity contribution in [2.45, 2.75) is 102 Å². The molecule has 2 aliphatic carbocycles. The van der Waals surface area contributed by atoms with Crippen molar-refractivity contribution >= 4 is 23.3 Å². The number of rotatable bonds is 25. The molecule has 6 atom stereocenters. The van der Waals surface area contributed by atoms with Crippen LogP contribution in [0.1, 0.15) is 94.6 Å². The van der Waals surface area contributed by atoms with Crippen LogP contribution >= 0.6 is 0 Å². The number of non-ortho nitro benzene ring substituents is 1. The second-order valence-electron chi connectivity index (χ2n) is 16.8. The molecule has 0 aromatic heterocycles. The van der Waals surface area contributed by atoms with Gasteiger partial charge < -0.3 is 44.4 Å². The van der Waals surface area contributed by atoms with Crippen LogP contribution in [0.25, 0.3) is 0 Å². The lowest BCUT2D eigenvalue weighted by Gasteiger charge is -2.60. The van der Waals surface area contributed by atoms with Crippen LogP contribution in [0.2, 0.25) is 0 Å². The van der Waals surface area contributed by atoms with E-state index in [1.165, 1.54) is 12.1 Å². The number of nitrogens with zero attached hydrogens (tertiary/aromatic N) is 4. The van der Waals surface area contributed by atoms with Gasteiger partial charge in [-0.1, -0.05) is 49.7 Å². The van der Waals surface area contributed by atoms with Crippen LogP contribution in [0.15, 0.2) is 84.6 Å². The summed E-state index contributed by atoms with van der Waals surface area (Å²) < 4.78 is 20.5. The molecular weight excluding hydrogens is 807 g/mol. The van der Waals surface area contributed by atoms with Gasteiger partial charge in [-0.05, 0) is 98.2 Å². The Morgan fingerprint density at radius 3 is 2.52 bits per heavy atom. The average Bonchev–Trinajstić information content (AvgIpc) is 3.70. The molecule has 2 aliphatic heterocycles. The van der Waals surface area contributed by atoms with E-state index in [2.05, 4.69) is 24.6 Å². The normalized spacial score (nSPS) is 24.1. The SMILES string of the molecule is C=CCOc1ccc2c(c1)C1C(CCCCO)C(CCCCO)C=C3C(=NOCc4ccc([N+](=O)[O-])cc4)CC(N(CCC)C(=O)NCCCN4CCCC4=O)C(OCC=C)(O2)C31. The zero-order valence-corrected chi connectivity index (χ0v) is 36.7. The van der Waals surface area contributed by atoms with Crippen LogP contribution < -0.4 is 14.8 Å². The van der Waals surface area contributed by atoms with Crippen molar-refractivity contribution in [1.82, 2.24) is 15.1 Å². The Labute approximate surface area is 370 Å². The fourth-order valence-corrected chi connectivity index (χ4v) is 9.94. The van der Waals surface area contributed by atoms with E-state index in [0.717, 1.165) is 49.8 Å². The highest BCUT2D eigenvalue weighted by Crippen LogP contribution is 2.62. The van der Waals surface area contributed by atoms with Gasteiger partial charge in [-0.15, -0.1) is 6.58 Å². The summed E-state index contributed by atoms with van der Waals surface area (Å²) in [5.74, 6) is -0.632. The summed E-state index contributed by atoms with van der Waals surface area (Å²) in [6.07, 6.45) is 13.0. The molecule has 3 N–H and O–H groups in total. The molecule has 1 saturated carbocycles. The van der Waals surface area contributed by atoms with E-state index >= 15 is 0 Å². The van der Waals surface area contributed by atoms with E-state index in [0.29, 0.717) is 81.1 Å². The first kappa shape index (κ1) is 47.2. The summed E-state index contributed by atoms with van der Waals surface area (Å²) in [5.41, 5.74) is 3.16. The first-order valence-electron chi connectivity index (χ1n) is 22.7. The van der Waals surface area contributed by atoms with Gasteiger partial charge in [0.1, 0.15) is 30.8 Å². The number of nitro groups is 1. The zero-order valence-electron chi connectivity index (χ0n) is 36.7. The molecule has 63 heavy (non-hydrogen) atoms. The number of nitro benzene ring substituents is 1. The third-order valence-corrected chi connectivity index (χ3v) is 12.7. The van der Waals surface area contributed by atoms with E-state index in [4.69, 9.17) is 24.2 Å². The van der Waals surface area contributed by atoms with Gasteiger partial charge >= 0.3 is 6.03 Å². The van der Waals surface area contributed by atoms with E-state index in [-0.39, 0.29) is 68.2 Å². The van der Waals surface area contributed by atoms with Crippen molar-refractivity contribution in [3.63, 3.8) is 0 Å². The van der Waals surface area contributed by atoms with Crippen LogP contribution in [0, 0.1) is 27.9 Å². The fraction of sp³-hybridized carbons (Fsp3) is 0.562. The fourth-order valence-electron chi connectivity index (χ4n) is 9.94. The Hall–Kier alpha value is -5.25. The third-order valence-electron chi connectivity index (χ3n) is 12.7. The van der Waals surface area contributed by atoms with Gasteiger partial charge in [0, 0.05) is 75.8 Å². The van der Waals surface area contributed by atoms with E-state index < -0.39 is 22.7 Å². The van der Waals surface area contributed by atoms with Gasteiger partial charge in [0.25, 0.3) is 5.69 Å². The lowest BCUT2D eigenvalue weighted by molar-refractivity contribution is -0.384. The number of aliphatic hydroxyl groups excluding tert-OH is 2. The highest BCUT2D eigenvalue weighted by molar-refractivity contribution is 6.03. The van der Waals surface area contributed by atoms with Crippen LogP contribution in [0.4, 0.5) is 10.5 Å². The lowest BCUT2D eigenvalue weighted by Crippen LogP contribution is -2.70. The van der Waals surface area contributed by atoms with Gasteiger partial charge in [0.05, 0.1) is 23.2 Å². The minimum absolute atomic E-state index is 0.0234. The maximum atomic E-state index is 14.6. The number of amides is 3. The van der Waals surface area contributed by atoms with E-state index in [1.807, 2.05) is 34.9 Å². The third kappa shape index (κ3) is 11.1. The quantitative estimate of drug-likeness (QED) is 0.0392. The van der Waals surface area contributed by atoms with E-state index in [9.17, 15) is 29.9 Å². The number of fused-ring (bicyclic) bond motifs is 2. The number of carbonyl (C=O) groups is 2. The number of benzene rings is 2. The Morgan fingerprint density at radius 2 is 1.84 bits per heavy atom. The minimum atomic E-state index is -1.42. The molecular formula is C48H65N5O10. The monoisotopic (exact) mass is 871 g/mol. The smallest absolute Gasteiger partial charge is 0.317 e. The maximum Gasteiger partial charge on any atom is 0.317 e. The van der Waals surface area contributed by atoms with Crippen molar-refractivity contribution in [3.05, 3.63) is 101 Å². The standard InChI is InChI=1S/C48H65N5O10/c1-4-23-52(47(57)49-22-12-25-51-24-11-15-44(51)56)43-32-41(50-62-33-34-16-18-36(19-17-34)53(58)59)39-30-35(13-7-9-26-54)38(14-8-10-27-55)45-40-31-37(60-28-5-2)20-21-42(40)63-48(43,46(39)45)61-29-6-3/h5-6,16-21,30-31,35,38,43,45-46,54-55H,2-4,7-15,22-29,32-33H2,1H3,(H,49,57). The van der Waals surface area contributed by atoms with Crippen LogP contribution in [0.3, 0.4) is 0 Å². The minimum Gasteiger partial charge on any atom is -0.490 e. The lowest BCUT2D eigenvalue weighted by atomic mass is 9.55. The molecule has 6 unspecified atom stereocenters. The molecule has 2 heterocycles. The highest BCUT2D eigenvalue weighted by atomic mass is 16.7. The largest absolute Gasteiger partial charge is 0.490 e. The summed E-state index contributed by atoms with van der Waals surface area (Å²) in [5, 5.41) is 39.2. The maximum absolute atomic E-state index is 14.6. The number of nitrogens with one attached hydrogen (secondary N) is 1. The van der Waals surface area contributed by atoms with Gasteiger partial charge in [0.2, 0.25) is 11.7 Å². The van der Waals surface area contributed by atoms with Crippen molar-refractivity contribution in [1.29, 1.82) is 0 Å². The number of aliphatic hydroxyl groups is 2. The van der Waals surface area contributed by atoms with Crippen LogP contribution in [-0.4, -0.2) is 107 Å². The number of allylic oxidation sites excluding steroid dienone is 1. The van der Waals surface area contributed by atoms with Crippen molar-refractivity contribution < 1.29 is 43.8 Å². The molecule has 0 bridgehead atoms. The highest BCUT2D eigenvalue weighted by Gasteiger charge is 2.65. The Kier molecular flexibility index (Phi) is 17.2. The molecule has 15 heteroatoms. The molecule has 0 radical (unpaired) electrons. The van der Waals surface area contributed by atoms with Crippen molar-refractivity contribution in [2.24, 2.45) is 22.9 Å². The Bertz CT molecular complexity index is 1950. The summed E-state index contributed by atoms with van der Waals surface area (Å²) in [7, 11) is 0. The number of carbonyl (C=O) groups excluding carboxylic acids is 2. The topological polar surface area (TPSA) is 186 Å². The number of unbranched alkanes of at least 4 members (excludes halogenated alkanes) is 2. The van der Waals surface area contributed by atoms with Gasteiger partial charge in [-0.2, -0.15) is 0 Å². The molecule has 6 rings (SSSR count). The average molecular weight is 872 g/mol. The Morgan fingerprint density at radius 1 is 1.08 bits per heavy atom. The van der Waals surface area contributed by atoms with Crippen molar-refractivity contribution in [3.8, 4) is 11.5 Å². The molecule has 3 amide bonds. The van der Waals surface area contributed by atoms with Crippen LogP contribution in [-0.2, 0) is 21.0 Å². The van der Waals surface area contributed by atoms with Gasteiger partial charge in [-0.25, -0.2) is 4.79 Å².